The van der Waals surface area contributed by atoms with Crippen LogP contribution in [0.2, 0.25) is 0 Å². The molecule has 3 fully saturated rings. The molecule has 0 bridgehead atoms. The first-order valence-electron chi connectivity index (χ1n) is 17.6. The Labute approximate surface area is 303 Å². The quantitative estimate of drug-likeness (QED) is 0.107. The predicted octanol–water partition coefficient (Wildman–Crippen LogP) is 6.50. The van der Waals surface area contributed by atoms with Gasteiger partial charge in [-0.15, -0.1) is 6.42 Å². The fraction of sp³-hybridized carbons (Fsp3) is 0.325. The molecule has 0 unspecified atom stereocenters. The van der Waals surface area contributed by atoms with Gasteiger partial charge in [0.05, 0.1) is 22.2 Å². The van der Waals surface area contributed by atoms with E-state index in [1.165, 1.54) is 23.4 Å². The Bertz CT molecular complexity index is 2300. The van der Waals surface area contributed by atoms with Crippen LogP contribution in [0.4, 0.5) is 23.4 Å². The maximum absolute atomic E-state index is 16.9. The summed E-state index contributed by atoms with van der Waals surface area (Å²) in [7, 11) is 0. The minimum atomic E-state index is -0.970. The molecule has 1 amide bonds. The van der Waals surface area contributed by atoms with E-state index >= 15 is 8.78 Å². The molecule has 3 saturated heterocycles. The molecule has 3 aliphatic heterocycles. The van der Waals surface area contributed by atoms with Crippen molar-refractivity contribution in [1.29, 1.82) is 0 Å². The fourth-order valence-electron chi connectivity index (χ4n) is 7.99. The number of aromatic nitrogens is 4. The minimum absolute atomic E-state index is 0.00937. The van der Waals surface area contributed by atoms with E-state index in [1.54, 1.807) is 42.5 Å². The van der Waals surface area contributed by atoms with Crippen LogP contribution in [0.3, 0.4) is 0 Å². The molecule has 53 heavy (non-hydrogen) atoms. The van der Waals surface area contributed by atoms with Gasteiger partial charge in [0.25, 0.3) is 5.91 Å². The lowest BCUT2D eigenvalue weighted by Crippen LogP contribution is -2.43. The molecular weight excluding hydrogens is 686 g/mol. The molecule has 2 atom stereocenters. The van der Waals surface area contributed by atoms with Crippen molar-refractivity contribution in [3.05, 3.63) is 89.6 Å². The van der Waals surface area contributed by atoms with Gasteiger partial charge >= 0.3 is 6.01 Å². The molecule has 3 aliphatic rings. The Kier molecular flexibility index (Phi) is 9.16. The number of hydrogen-bond acceptors (Lipinski definition) is 8. The molecule has 5 aromatic rings. The third kappa shape index (κ3) is 6.41. The van der Waals surface area contributed by atoms with E-state index in [4.69, 9.17) is 16.1 Å². The number of anilines is 1. The van der Waals surface area contributed by atoms with Gasteiger partial charge in [0, 0.05) is 68.6 Å². The molecule has 3 aromatic heterocycles. The average Bonchev–Trinajstić information content (AvgIpc) is 3.58. The van der Waals surface area contributed by atoms with E-state index < -0.39 is 35.1 Å². The number of carbonyl (C=O) groups excluding carboxylic acids is 1. The summed E-state index contributed by atoms with van der Waals surface area (Å²) >= 11 is 0. The normalized spacial score (nSPS) is 20.8. The number of nitrogens with zero attached hydrogens (tertiary/aromatic N) is 7. The first-order chi connectivity index (χ1) is 25.7. The largest absolute Gasteiger partial charge is 0.461 e. The number of benzene rings is 2. The molecule has 6 heterocycles. The molecule has 9 nitrogen and oxygen atoms in total. The van der Waals surface area contributed by atoms with Crippen LogP contribution < -0.4 is 9.64 Å². The fourth-order valence-corrected chi connectivity index (χ4v) is 7.99. The van der Waals surface area contributed by atoms with Crippen LogP contribution in [0.1, 0.15) is 36.9 Å². The molecule has 0 spiro atoms. The Balaban J connectivity index is 1.17. The molecule has 0 aliphatic carbocycles. The number of halogens is 4. The topological polar surface area (TPSA) is 87.6 Å². The van der Waals surface area contributed by atoms with Crippen molar-refractivity contribution < 1.29 is 27.1 Å². The zero-order chi connectivity index (χ0) is 36.7. The minimum Gasteiger partial charge on any atom is -0.461 e. The number of alkyl halides is 1. The predicted molar refractivity (Wildman–Crippen MR) is 193 cm³/mol. The van der Waals surface area contributed by atoms with E-state index in [2.05, 4.69) is 25.8 Å². The highest BCUT2D eigenvalue weighted by Crippen LogP contribution is 2.41. The van der Waals surface area contributed by atoms with Crippen molar-refractivity contribution in [2.75, 3.05) is 50.8 Å². The highest BCUT2D eigenvalue weighted by atomic mass is 19.1. The Morgan fingerprint density at radius 3 is 2.74 bits per heavy atom. The van der Waals surface area contributed by atoms with Crippen molar-refractivity contribution in [3.63, 3.8) is 0 Å². The summed E-state index contributed by atoms with van der Waals surface area (Å²) in [6.45, 7) is 2.30. The SMILES string of the molecule is C#Cc1c(F)ccc2cccc(-c3ncc4c(N5CCCN(C(=O)/C(F)=C/c6ccccn6)CC5)nc(OC[C@@]56CCCN5C[C@H](F)C6)nc4c3F)c12. The number of hydrogen-bond donors (Lipinski definition) is 0. The van der Waals surface area contributed by atoms with Gasteiger partial charge in [-0.1, -0.05) is 36.3 Å². The molecule has 2 aromatic carbocycles. The Hall–Kier alpha value is -5.61. The smallest absolute Gasteiger partial charge is 0.319 e. The molecule has 0 radical (unpaired) electrons. The molecule has 270 valence electrons. The zero-order valence-electron chi connectivity index (χ0n) is 28.7. The number of carbonyl (C=O) groups is 1. The van der Waals surface area contributed by atoms with E-state index in [0.717, 1.165) is 25.5 Å². The van der Waals surface area contributed by atoms with Crippen LogP contribution in [0, 0.1) is 24.0 Å². The van der Waals surface area contributed by atoms with Crippen molar-refractivity contribution in [2.45, 2.75) is 37.4 Å². The van der Waals surface area contributed by atoms with E-state index in [9.17, 15) is 13.6 Å². The van der Waals surface area contributed by atoms with Gasteiger partial charge in [-0.05, 0) is 49.4 Å². The van der Waals surface area contributed by atoms with Gasteiger partial charge in [-0.2, -0.15) is 9.97 Å². The van der Waals surface area contributed by atoms with Crippen molar-refractivity contribution in [3.8, 4) is 29.6 Å². The van der Waals surface area contributed by atoms with Gasteiger partial charge in [0.2, 0.25) is 0 Å². The van der Waals surface area contributed by atoms with Gasteiger partial charge in [0.1, 0.15) is 35.6 Å². The average molecular weight is 722 g/mol. The zero-order valence-corrected chi connectivity index (χ0v) is 28.7. The maximum Gasteiger partial charge on any atom is 0.319 e. The van der Waals surface area contributed by atoms with Gasteiger partial charge in [-0.3, -0.25) is 19.7 Å². The van der Waals surface area contributed by atoms with Crippen LogP contribution >= 0.6 is 0 Å². The molecule has 0 N–H and O–H groups in total. The summed E-state index contributed by atoms with van der Waals surface area (Å²) in [5, 5.41) is 1.24. The van der Waals surface area contributed by atoms with Crippen LogP contribution in [-0.4, -0.2) is 93.2 Å². The summed E-state index contributed by atoms with van der Waals surface area (Å²) in [6, 6.07) is 12.9. The Morgan fingerprint density at radius 2 is 1.91 bits per heavy atom. The lowest BCUT2D eigenvalue weighted by atomic mass is 9.95. The number of pyridine rings is 2. The first-order valence-corrected chi connectivity index (χ1v) is 17.6. The summed E-state index contributed by atoms with van der Waals surface area (Å²) in [5.41, 5.74) is -0.0582. The number of ether oxygens (including phenoxy) is 1. The van der Waals surface area contributed by atoms with Crippen LogP contribution in [0.5, 0.6) is 6.01 Å². The summed E-state index contributed by atoms with van der Waals surface area (Å²) in [4.78, 5) is 36.4. The van der Waals surface area contributed by atoms with Crippen molar-refractivity contribution in [2.24, 2.45) is 0 Å². The second kappa shape index (κ2) is 14.1. The van der Waals surface area contributed by atoms with E-state index in [-0.39, 0.29) is 54.4 Å². The van der Waals surface area contributed by atoms with Crippen LogP contribution in [-0.2, 0) is 4.79 Å². The third-order valence-corrected chi connectivity index (χ3v) is 10.5. The second-order valence-corrected chi connectivity index (χ2v) is 13.7. The first kappa shape index (κ1) is 34.5. The number of rotatable bonds is 7. The van der Waals surface area contributed by atoms with Gasteiger partial charge in [-0.25, -0.2) is 17.6 Å². The maximum atomic E-state index is 16.9. The second-order valence-electron chi connectivity index (χ2n) is 13.7. The van der Waals surface area contributed by atoms with E-state index in [1.807, 2.05) is 4.90 Å². The van der Waals surface area contributed by atoms with Crippen LogP contribution in [0.25, 0.3) is 39.0 Å². The summed E-state index contributed by atoms with van der Waals surface area (Å²) in [5.74, 6) is -0.356. The lowest BCUT2D eigenvalue weighted by Gasteiger charge is -2.31. The Morgan fingerprint density at radius 1 is 1.02 bits per heavy atom. The lowest BCUT2D eigenvalue weighted by molar-refractivity contribution is -0.128. The van der Waals surface area contributed by atoms with Crippen molar-refractivity contribution >= 4 is 39.5 Å². The molecule has 13 heteroatoms. The number of amides is 1. The molecule has 8 rings (SSSR count). The summed E-state index contributed by atoms with van der Waals surface area (Å²) < 4.78 is 67.7. The number of terminal acetylenes is 1. The highest BCUT2D eigenvalue weighted by molar-refractivity contribution is 6.02. The third-order valence-electron chi connectivity index (χ3n) is 10.5. The highest BCUT2D eigenvalue weighted by Gasteiger charge is 2.49. The summed E-state index contributed by atoms with van der Waals surface area (Å²) in [6.07, 6.45) is 11.3. The van der Waals surface area contributed by atoms with E-state index in [0.29, 0.717) is 53.8 Å². The molecule has 0 saturated carbocycles. The standard InChI is InChI=1S/C40H35F4N7O2/c1-2-28-31(42)12-11-25-8-5-10-29(33(25)28)35-34(44)36-30(22-46-35)37(48-39(47-36)53-24-40-13-6-17-51(40)23-26(41)21-40)49-15-7-16-50(19-18-49)38(52)32(43)20-27-9-3-4-14-45-27/h1,3-5,8-12,14,20,22,26H,6-7,13,15-19,21,23-24H2/b32-20-/t26-,40+/m1/s1. The van der Waals surface area contributed by atoms with Crippen molar-refractivity contribution in [1.82, 2.24) is 29.7 Å². The van der Waals surface area contributed by atoms with Gasteiger partial charge in [0.15, 0.2) is 11.6 Å². The molecular formula is C40H35F4N7O2. The van der Waals surface area contributed by atoms with Crippen LogP contribution in [0.15, 0.2) is 66.8 Å². The monoisotopic (exact) mass is 721 g/mol. The van der Waals surface area contributed by atoms with Gasteiger partial charge < -0.3 is 14.5 Å². The number of fused-ring (bicyclic) bond motifs is 3.